The van der Waals surface area contributed by atoms with Crippen molar-refractivity contribution in [3.05, 3.63) is 35.4 Å². The topological polar surface area (TPSA) is 0 Å². The molecule has 0 fully saturated rings. The first-order valence-electron chi connectivity index (χ1n) is 10.9. The van der Waals surface area contributed by atoms with Crippen molar-refractivity contribution in [2.45, 2.75) is 117 Å². The van der Waals surface area contributed by atoms with Crippen LogP contribution < -0.4 is 0 Å². The summed E-state index contributed by atoms with van der Waals surface area (Å²) in [6, 6.07) is 9.19. The zero-order valence-corrected chi connectivity index (χ0v) is 16.6. The standard InChI is InChI=1S/C24H42/c1-3-5-7-9-11-12-14-16-20-24-22-18-17-21-23(24)19-15-13-10-8-6-4-2/h17-18,21-22H,3-16,19-20H2,1-2H3. The molecule has 0 aliphatic rings. The Kier molecular flexibility index (Phi) is 13.9. The van der Waals surface area contributed by atoms with Crippen molar-refractivity contribution in [1.29, 1.82) is 0 Å². The quantitative estimate of drug-likeness (QED) is 0.267. The predicted octanol–water partition coefficient (Wildman–Crippen LogP) is 8.27. The van der Waals surface area contributed by atoms with Gasteiger partial charge < -0.3 is 0 Å². The Morgan fingerprint density at radius 1 is 0.458 bits per heavy atom. The molecule has 24 heavy (non-hydrogen) atoms. The van der Waals surface area contributed by atoms with Crippen molar-refractivity contribution in [2.75, 3.05) is 0 Å². The fourth-order valence-electron chi connectivity index (χ4n) is 3.59. The Hall–Kier alpha value is -0.780. The van der Waals surface area contributed by atoms with Crippen LogP contribution >= 0.6 is 0 Å². The van der Waals surface area contributed by atoms with Crippen LogP contribution in [0.15, 0.2) is 24.3 Å². The highest BCUT2D eigenvalue weighted by molar-refractivity contribution is 5.27. The second-order valence-corrected chi connectivity index (χ2v) is 7.51. The predicted molar refractivity (Wildman–Crippen MR) is 110 cm³/mol. The lowest BCUT2D eigenvalue weighted by atomic mass is 9.96. The van der Waals surface area contributed by atoms with E-state index in [0.29, 0.717) is 0 Å². The van der Waals surface area contributed by atoms with E-state index in [-0.39, 0.29) is 0 Å². The van der Waals surface area contributed by atoms with Gasteiger partial charge >= 0.3 is 0 Å². The number of aryl methyl sites for hydroxylation is 2. The van der Waals surface area contributed by atoms with E-state index in [1.54, 1.807) is 11.1 Å². The molecule has 0 saturated carbocycles. The summed E-state index contributed by atoms with van der Waals surface area (Å²) in [6.45, 7) is 4.59. The summed E-state index contributed by atoms with van der Waals surface area (Å²) in [5, 5.41) is 0. The molecule has 0 amide bonds. The van der Waals surface area contributed by atoms with Gasteiger partial charge in [-0.15, -0.1) is 0 Å². The van der Waals surface area contributed by atoms with Crippen LogP contribution in [0.25, 0.3) is 0 Å². The maximum atomic E-state index is 2.37. The van der Waals surface area contributed by atoms with Crippen molar-refractivity contribution in [1.82, 2.24) is 0 Å². The summed E-state index contributed by atoms with van der Waals surface area (Å²) in [5.74, 6) is 0. The maximum absolute atomic E-state index is 2.37. The fourth-order valence-corrected chi connectivity index (χ4v) is 3.59. The van der Waals surface area contributed by atoms with Crippen molar-refractivity contribution in [2.24, 2.45) is 0 Å². The van der Waals surface area contributed by atoms with E-state index in [4.69, 9.17) is 0 Å². The minimum atomic E-state index is 1.29. The van der Waals surface area contributed by atoms with E-state index in [1.165, 1.54) is 103 Å². The summed E-state index contributed by atoms with van der Waals surface area (Å²) in [6.07, 6.45) is 22.3. The van der Waals surface area contributed by atoms with Crippen LogP contribution in [0.3, 0.4) is 0 Å². The van der Waals surface area contributed by atoms with Crippen molar-refractivity contribution < 1.29 is 0 Å². The van der Waals surface area contributed by atoms with Gasteiger partial charge in [0, 0.05) is 0 Å². The molecule has 0 N–H and O–H groups in total. The molecule has 1 rings (SSSR count). The molecule has 0 heteroatoms. The summed E-state index contributed by atoms with van der Waals surface area (Å²) < 4.78 is 0. The lowest BCUT2D eigenvalue weighted by Crippen LogP contribution is -1.95. The first-order chi connectivity index (χ1) is 11.9. The Morgan fingerprint density at radius 3 is 1.17 bits per heavy atom. The van der Waals surface area contributed by atoms with Gasteiger partial charge in [-0.05, 0) is 36.8 Å². The van der Waals surface area contributed by atoms with E-state index in [1.807, 2.05) is 0 Å². The highest BCUT2D eigenvalue weighted by Gasteiger charge is 2.02. The van der Waals surface area contributed by atoms with Crippen LogP contribution in [0.5, 0.6) is 0 Å². The molecule has 0 spiro atoms. The largest absolute Gasteiger partial charge is 0.0654 e. The Morgan fingerprint density at radius 2 is 0.792 bits per heavy atom. The Labute approximate surface area is 152 Å². The average Bonchev–Trinajstić information content (AvgIpc) is 2.61. The molecule has 0 atom stereocenters. The van der Waals surface area contributed by atoms with Gasteiger partial charge in [0.2, 0.25) is 0 Å². The monoisotopic (exact) mass is 330 g/mol. The molecule has 0 nitrogen and oxygen atoms in total. The molecule has 0 aliphatic heterocycles. The van der Waals surface area contributed by atoms with Gasteiger partial charge in [0.05, 0.1) is 0 Å². The molecule has 0 unspecified atom stereocenters. The van der Waals surface area contributed by atoms with Crippen molar-refractivity contribution >= 4 is 0 Å². The highest BCUT2D eigenvalue weighted by atomic mass is 14.1. The van der Waals surface area contributed by atoms with Gasteiger partial charge in [0.25, 0.3) is 0 Å². The van der Waals surface area contributed by atoms with Crippen LogP contribution in [-0.2, 0) is 12.8 Å². The summed E-state index contributed by atoms with van der Waals surface area (Å²) in [4.78, 5) is 0. The van der Waals surface area contributed by atoms with Crippen molar-refractivity contribution in [3.63, 3.8) is 0 Å². The molecule has 1 aromatic carbocycles. The van der Waals surface area contributed by atoms with Gasteiger partial charge in [-0.1, -0.05) is 115 Å². The molecular formula is C24H42. The molecule has 0 heterocycles. The SMILES string of the molecule is CCCCCCCCCCc1ccccc1CCCCCCCC. The normalized spacial score (nSPS) is 11.1. The van der Waals surface area contributed by atoms with E-state index in [9.17, 15) is 0 Å². The van der Waals surface area contributed by atoms with E-state index in [2.05, 4.69) is 38.1 Å². The van der Waals surface area contributed by atoms with Crippen LogP contribution in [-0.4, -0.2) is 0 Å². The molecule has 0 saturated heterocycles. The number of hydrogen-bond donors (Lipinski definition) is 0. The molecule has 1 aromatic rings. The molecular weight excluding hydrogens is 288 g/mol. The smallest absolute Gasteiger partial charge is 0.0276 e. The van der Waals surface area contributed by atoms with Crippen LogP contribution in [0.4, 0.5) is 0 Å². The zero-order valence-electron chi connectivity index (χ0n) is 16.6. The molecule has 0 bridgehead atoms. The van der Waals surface area contributed by atoms with Gasteiger partial charge in [0.1, 0.15) is 0 Å². The highest BCUT2D eigenvalue weighted by Crippen LogP contribution is 2.17. The maximum Gasteiger partial charge on any atom is -0.0276 e. The Balaban J connectivity index is 2.14. The number of rotatable bonds is 16. The average molecular weight is 331 g/mol. The summed E-state index contributed by atoms with van der Waals surface area (Å²) >= 11 is 0. The third kappa shape index (κ3) is 10.9. The first-order valence-corrected chi connectivity index (χ1v) is 10.9. The zero-order chi connectivity index (χ0) is 17.3. The molecule has 138 valence electrons. The van der Waals surface area contributed by atoms with Crippen molar-refractivity contribution in [3.8, 4) is 0 Å². The second kappa shape index (κ2) is 15.7. The molecule has 0 aliphatic carbocycles. The summed E-state index contributed by atoms with van der Waals surface area (Å²) in [7, 11) is 0. The first kappa shape index (κ1) is 21.3. The van der Waals surface area contributed by atoms with Gasteiger partial charge in [-0.25, -0.2) is 0 Å². The van der Waals surface area contributed by atoms with Gasteiger partial charge in [-0.2, -0.15) is 0 Å². The third-order valence-electron chi connectivity index (χ3n) is 5.22. The number of benzene rings is 1. The Bertz CT molecular complexity index is 379. The fraction of sp³-hybridized carbons (Fsp3) is 0.750. The second-order valence-electron chi connectivity index (χ2n) is 7.51. The van der Waals surface area contributed by atoms with Gasteiger partial charge in [-0.3, -0.25) is 0 Å². The minimum absolute atomic E-state index is 1.29. The molecule has 0 aromatic heterocycles. The summed E-state index contributed by atoms with van der Waals surface area (Å²) in [5.41, 5.74) is 3.24. The van der Waals surface area contributed by atoms with Crippen LogP contribution in [0.1, 0.15) is 115 Å². The van der Waals surface area contributed by atoms with Gasteiger partial charge in [0.15, 0.2) is 0 Å². The molecule has 0 radical (unpaired) electrons. The van der Waals surface area contributed by atoms with Crippen LogP contribution in [0.2, 0.25) is 0 Å². The lowest BCUT2D eigenvalue weighted by Gasteiger charge is -2.10. The van der Waals surface area contributed by atoms with E-state index >= 15 is 0 Å². The van der Waals surface area contributed by atoms with E-state index < -0.39 is 0 Å². The van der Waals surface area contributed by atoms with Crippen LogP contribution in [0, 0.1) is 0 Å². The lowest BCUT2D eigenvalue weighted by molar-refractivity contribution is 0.574. The number of hydrogen-bond acceptors (Lipinski definition) is 0. The third-order valence-corrected chi connectivity index (χ3v) is 5.22. The van der Waals surface area contributed by atoms with E-state index in [0.717, 1.165) is 0 Å². The minimum Gasteiger partial charge on any atom is -0.0654 e. The number of unbranched alkanes of at least 4 members (excludes halogenated alkanes) is 12.